The molecular weight excluding hydrogens is 655 g/mol. The van der Waals surface area contributed by atoms with Crippen molar-refractivity contribution in [2.24, 2.45) is 5.73 Å². The molecule has 1 aliphatic carbocycles. The molecule has 2 N–H and O–H groups in total. The number of Topliss-reactive ketones (excluding diaryl/α,β-unsaturated/α-hetero) is 1. The van der Waals surface area contributed by atoms with E-state index in [1.165, 1.54) is 30.7 Å². The fraction of sp³-hybridized carbons (Fsp3) is 0.263. The van der Waals surface area contributed by atoms with Gasteiger partial charge in [0.2, 0.25) is 0 Å². The molecule has 12 heteroatoms. The minimum Gasteiger partial charge on any atom is -0.366 e. The van der Waals surface area contributed by atoms with Crippen molar-refractivity contribution in [1.29, 1.82) is 0 Å². The number of benzene rings is 2. The average molecular weight is 689 g/mol. The molecule has 7 nitrogen and oxygen atoms in total. The average Bonchev–Trinajstić information content (AvgIpc) is 3.46. The summed E-state index contributed by atoms with van der Waals surface area (Å²) in [5.74, 6) is -4.47. The first-order chi connectivity index (χ1) is 24.0. The summed E-state index contributed by atoms with van der Waals surface area (Å²) in [6.45, 7) is -0.645. The van der Waals surface area contributed by atoms with Crippen LogP contribution in [0.1, 0.15) is 69.3 Å². The van der Waals surface area contributed by atoms with E-state index in [0.717, 1.165) is 30.7 Å². The van der Waals surface area contributed by atoms with Gasteiger partial charge in [0.25, 0.3) is 5.91 Å². The van der Waals surface area contributed by atoms with Gasteiger partial charge in [0, 0.05) is 48.3 Å². The highest BCUT2D eigenvalue weighted by Gasteiger charge is 2.39. The summed E-state index contributed by atoms with van der Waals surface area (Å²) in [7, 11) is 0. The largest absolute Gasteiger partial charge is 0.385 e. The highest BCUT2D eigenvalue weighted by Crippen LogP contribution is 2.39. The molecule has 0 bridgehead atoms. The van der Waals surface area contributed by atoms with Crippen LogP contribution < -0.4 is 5.73 Å². The molecule has 0 aliphatic heterocycles. The second-order valence-electron chi connectivity index (χ2n) is 12.3. The van der Waals surface area contributed by atoms with Gasteiger partial charge in [0.15, 0.2) is 5.78 Å². The number of rotatable bonds is 13. The van der Waals surface area contributed by atoms with E-state index in [-0.39, 0.29) is 41.9 Å². The van der Waals surface area contributed by atoms with Crippen LogP contribution in [-0.4, -0.2) is 26.2 Å². The number of primary amides is 1. The van der Waals surface area contributed by atoms with Crippen LogP contribution in [-0.2, 0) is 48.1 Å². The lowest BCUT2D eigenvalue weighted by atomic mass is 9.86. The summed E-state index contributed by atoms with van der Waals surface area (Å²) in [4.78, 5) is 34.4. The minimum atomic E-state index is -3.64. The predicted octanol–water partition coefficient (Wildman–Crippen LogP) is 7.59. The van der Waals surface area contributed by atoms with Gasteiger partial charge in [-0.2, -0.15) is 8.78 Å². The zero-order chi connectivity index (χ0) is 35.4. The van der Waals surface area contributed by atoms with Crippen molar-refractivity contribution in [3.8, 4) is 11.1 Å². The number of aromatic nitrogens is 3. The molecule has 0 unspecified atom stereocenters. The highest BCUT2D eigenvalue weighted by atomic mass is 19.3. The zero-order valence-corrected chi connectivity index (χ0v) is 26.9. The molecule has 2 aromatic carbocycles. The van der Waals surface area contributed by atoms with E-state index in [0.29, 0.717) is 53.0 Å². The summed E-state index contributed by atoms with van der Waals surface area (Å²) < 4.78 is 80.6. The summed E-state index contributed by atoms with van der Waals surface area (Å²) in [6, 6.07) is 15.1. The van der Waals surface area contributed by atoms with E-state index in [9.17, 15) is 22.8 Å². The van der Waals surface area contributed by atoms with Crippen molar-refractivity contribution in [2.75, 3.05) is 0 Å². The van der Waals surface area contributed by atoms with Crippen molar-refractivity contribution in [3.05, 3.63) is 142 Å². The molecule has 3 aromatic heterocycles. The number of hydrogen-bond donors (Lipinski definition) is 1. The van der Waals surface area contributed by atoms with Gasteiger partial charge >= 0.3 is 6.11 Å². The molecule has 1 amide bonds. The van der Waals surface area contributed by atoms with Crippen LogP contribution in [0.25, 0.3) is 11.1 Å². The Bertz CT molecular complexity index is 2010. The predicted molar refractivity (Wildman–Crippen MR) is 175 cm³/mol. The Hall–Kier alpha value is -5.23. The molecule has 0 radical (unpaired) electrons. The molecule has 1 aliphatic rings. The molecule has 50 heavy (non-hydrogen) atoms. The van der Waals surface area contributed by atoms with Gasteiger partial charge in [-0.25, -0.2) is 13.2 Å². The number of amides is 1. The maximum absolute atomic E-state index is 15.6. The number of carbonyl (C=O) groups excluding carboxylic acids is 2. The van der Waals surface area contributed by atoms with Crippen molar-refractivity contribution < 1.29 is 36.3 Å². The van der Waals surface area contributed by atoms with Crippen LogP contribution in [0.4, 0.5) is 22.0 Å². The number of nitrogens with two attached hydrogens (primary N) is 1. The van der Waals surface area contributed by atoms with E-state index in [4.69, 9.17) is 10.5 Å². The Balaban J connectivity index is 1.32. The first-order valence-corrected chi connectivity index (χ1v) is 16.1. The number of hydrogen-bond acceptors (Lipinski definition) is 5. The molecule has 1 atom stereocenters. The van der Waals surface area contributed by atoms with Crippen LogP contribution in [0.15, 0.2) is 85.3 Å². The number of fused-ring (bicyclic) bond motifs is 1. The zero-order valence-electron chi connectivity index (χ0n) is 26.9. The number of pyridine rings is 2. The summed E-state index contributed by atoms with van der Waals surface area (Å²) in [6.07, 6.45) is 2.81. The van der Waals surface area contributed by atoms with Gasteiger partial charge in [-0.3, -0.25) is 19.6 Å². The van der Waals surface area contributed by atoms with Crippen LogP contribution >= 0.6 is 0 Å². The third-order valence-corrected chi connectivity index (χ3v) is 8.83. The molecule has 0 fully saturated rings. The lowest BCUT2D eigenvalue weighted by Gasteiger charge is -2.21. The fourth-order valence-electron chi connectivity index (χ4n) is 6.60. The molecule has 6 rings (SSSR count). The molecule has 258 valence electrons. The molecule has 5 aromatic rings. The number of nitrogens with zero attached hydrogens (tertiary/aromatic N) is 3. The number of carbonyl (C=O) groups is 2. The third-order valence-electron chi connectivity index (χ3n) is 8.83. The lowest BCUT2D eigenvalue weighted by Crippen LogP contribution is -2.20. The summed E-state index contributed by atoms with van der Waals surface area (Å²) in [5.41, 5.74) is 7.64. The van der Waals surface area contributed by atoms with Crippen molar-refractivity contribution in [2.45, 2.75) is 63.7 Å². The second kappa shape index (κ2) is 14.7. The Labute approximate surface area is 284 Å². The maximum Gasteiger partial charge on any atom is 0.385 e. The van der Waals surface area contributed by atoms with Gasteiger partial charge in [0.05, 0.1) is 35.7 Å². The molecular formula is C38H33F5N4O3. The summed E-state index contributed by atoms with van der Waals surface area (Å²) >= 11 is 0. The normalized spacial score (nSPS) is 13.5. The Morgan fingerprint density at radius 3 is 2.42 bits per heavy atom. The maximum atomic E-state index is 15.6. The van der Waals surface area contributed by atoms with E-state index in [1.807, 2.05) is 0 Å². The third kappa shape index (κ3) is 7.81. The van der Waals surface area contributed by atoms with E-state index >= 15 is 8.78 Å². The van der Waals surface area contributed by atoms with Crippen LogP contribution in [0.5, 0.6) is 0 Å². The van der Waals surface area contributed by atoms with Crippen LogP contribution in [0.3, 0.4) is 0 Å². The smallest absolute Gasteiger partial charge is 0.366 e. The minimum absolute atomic E-state index is 0.0111. The highest BCUT2D eigenvalue weighted by molar-refractivity contribution is 5.94. The number of alkyl halides is 2. The SMILES string of the molecule is NC(=O)c1cc(-c2cccnc2[C@@H](CC(=O)Cn2cc(C(F)(F)OCc3ccccn3)c3c2CCCC3)Cc2cc(F)cc(F)c2)ccc1F. The van der Waals surface area contributed by atoms with Gasteiger partial charge < -0.3 is 15.0 Å². The summed E-state index contributed by atoms with van der Waals surface area (Å²) in [5, 5.41) is 0. The first kappa shape index (κ1) is 34.6. The second-order valence-corrected chi connectivity index (χ2v) is 12.3. The molecule has 0 spiro atoms. The number of ether oxygens (including phenoxy) is 1. The van der Waals surface area contributed by atoms with Crippen LogP contribution in [0, 0.1) is 17.5 Å². The lowest BCUT2D eigenvalue weighted by molar-refractivity contribution is -0.256. The van der Waals surface area contributed by atoms with Crippen molar-refractivity contribution in [1.82, 2.24) is 14.5 Å². The van der Waals surface area contributed by atoms with Gasteiger partial charge in [0.1, 0.15) is 17.5 Å². The Morgan fingerprint density at radius 1 is 0.920 bits per heavy atom. The van der Waals surface area contributed by atoms with Gasteiger partial charge in [-0.1, -0.05) is 18.2 Å². The van der Waals surface area contributed by atoms with Gasteiger partial charge in [-0.05, 0) is 91.3 Å². The molecule has 3 heterocycles. The fourth-order valence-corrected chi connectivity index (χ4v) is 6.60. The van der Waals surface area contributed by atoms with Crippen LogP contribution in [0.2, 0.25) is 0 Å². The van der Waals surface area contributed by atoms with E-state index in [2.05, 4.69) is 9.97 Å². The van der Waals surface area contributed by atoms with Crippen molar-refractivity contribution in [3.63, 3.8) is 0 Å². The van der Waals surface area contributed by atoms with E-state index < -0.39 is 42.0 Å². The van der Waals surface area contributed by atoms with E-state index in [1.54, 1.807) is 34.9 Å². The first-order valence-electron chi connectivity index (χ1n) is 16.1. The number of halogens is 5. The Kier molecular flexibility index (Phi) is 10.2. The van der Waals surface area contributed by atoms with Crippen molar-refractivity contribution >= 4 is 11.7 Å². The number of ketones is 1. The van der Waals surface area contributed by atoms with Gasteiger partial charge in [-0.15, -0.1) is 0 Å². The quantitative estimate of drug-likeness (QED) is 0.129. The topological polar surface area (TPSA) is 100 Å². The Morgan fingerprint density at radius 2 is 1.68 bits per heavy atom. The standard InChI is InChI=1S/C38H33F5N4O3/c39-26-15-23(16-27(40)19-26)14-25(36-30(8-5-13-46-36)24-10-11-34(41)32(18-24)37(44)49)17-29(48)20-47-21-33(31-7-1-2-9-35(31)47)38(42,43)50-22-28-6-3-4-12-45-28/h3-6,8,10-13,15-16,18-19,21,25H,1-2,7,9,14,17,20,22H2,(H2,44,49)/t25-/m1/s1. The molecule has 0 saturated heterocycles. The monoisotopic (exact) mass is 688 g/mol. The molecule has 0 saturated carbocycles.